The van der Waals surface area contributed by atoms with Crippen LogP contribution >= 0.6 is 0 Å². The highest BCUT2D eigenvalue weighted by Crippen LogP contribution is 2.29. The Bertz CT molecular complexity index is 818. The first-order valence-electron chi connectivity index (χ1n) is 7.00. The smallest absolute Gasteiger partial charge is 0.255 e. The van der Waals surface area contributed by atoms with Crippen molar-refractivity contribution in [3.05, 3.63) is 29.3 Å². The molecule has 3 rings (SSSR count). The number of nitrogens with one attached hydrogen (secondary N) is 2. The molecule has 1 aromatic rings. The first-order chi connectivity index (χ1) is 10.7. The molecule has 1 fully saturated rings. The fraction of sp³-hybridized carbons (Fsp3) is 0.357. The van der Waals surface area contributed by atoms with Crippen LogP contribution in [0.3, 0.4) is 0 Å². The lowest BCUT2D eigenvalue weighted by Gasteiger charge is -2.29. The Morgan fingerprint density at radius 3 is 2.65 bits per heavy atom. The molecular formula is C14H15N3O5S. The van der Waals surface area contributed by atoms with Gasteiger partial charge in [-0.05, 0) is 24.1 Å². The van der Waals surface area contributed by atoms with E-state index in [9.17, 15) is 22.8 Å². The van der Waals surface area contributed by atoms with Gasteiger partial charge < -0.3 is 4.90 Å². The molecule has 8 nitrogen and oxygen atoms in total. The van der Waals surface area contributed by atoms with Gasteiger partial charge in [-0.25, -0.2) is 8.42 Å². The summed E-state index contributed by atoms with van der Waals surface area (Å²) in [6.45, 7) is 0.263. The topological polar surface area (TPSA) is 113 Å². The van der Waals surface area contributed by atoms with Crippen LogP contribution in [-0.4, -0.2) is 43.3 Å². The summed E-state index contributed by atoms with van der Waals surface area (Å²) in [4.78, 5) is 37.1. The summed E-state index contributed by atoms with van der Waals surface area (Å²) in [5.74, 6) is -1.15. The van der Waals surface area contributed by atoms with Crippen molar-refractivity contribution in [2.24, 2.45) is 0 Å². The first-order valence-corrected chi connectivity index (χ1v) is 8.89. The minimum absolute atomic E-state index is 0.192. The number of amides is 3. The molecule has 1 saturated heterocycles. The predicted octanol–water partition coefficient (Wildman–Crippen LogP) is -0.181. The van der Waals surface area contributed by atoms with E-state index in [0.717, 1.165) is 11.8 Å². The number of benzene rings is 1. The molecule has 1 aromatic carbocycles. The third kappa shape index (κ3) is 3.04. The number of nitrogens with zero attached hydrogens (tertiary/aromatic N) is 1. The Hall–Kier alpha value is -2.42. The number of imide groups is 1. The van der Waals surface area contributed by atoms with Crippen molar-refractivity contribution >= 4 is 33.4 Å². The number of anilines is 1. The fourth-order valence-electron chi connectivity index (χ4n) is 2.83. The zero-order valence-corrected chi connectivity index (χ0v) is 13.1. The van der Waals surface area contributed by atoms with E-state index in [1.807, 2.05) is 0 Å². The van der Waals surface area contributed by atoms with Crippen LogP contribution in [0, 0.1) is 0 Å². The van der Waals surface area contributed by atoms with Crippen LogP contribution in [0.25, 0.3) is 0 Å². The number of fused-ring (bicyclic) bond motifs is 1. The van der Waals surface area contributed by atoms with Gasteiger partial charge in [0.05, 0.1) is 6.26 Å². The van der Waals surface area contributed by atoms with Crippen molar-refractivity contribution in [3.8, 4) is 0 Å². The highest BCUT2D eigenvalue weighted by Gasteiger charge is 2.39. The molecule has 1 atom stereocenters. The molecule has 23 heavy (non-hydrogen) atoms. The molecule has 0 saturated carbocycles. The van der Waals surface area contributed by atoms with E-state index < -0.39 is 22.0 Å². The van der Waals surface area contributed by atoms with Crippen LogP contribution in [0.5, 0.6) is 0 Å². The second kappa shape index (κ2) is 5.34. The summed E-state index contributed by atoms with van der Waals surface area (Å²) < 4.78 is 24.9. The zero-order valence-electron chi connectivity index (χ0n) is 12.3. The van der Waals surface area contributed by atoms with Crippen molar-refractivity contribution in [2.45, 2.75) is 25.4 Å². The molecule has 2 heterocycles. The van der Waals surface area contributed by atoms with E-state index in [0.29, 0.717) is 17.7 Å². The number of carbonyl (C=O) groups is 3. The number of piperidine rings is 1. The predicted molar refractivity (Wildman–Crippen MR) is 81.0 cm³/mol. The summed E-state index contributed by atoms with van der Waals surface area (Å²) in [6.07, 6.45) is 1.51. The Balaban J connectivity index is 1.85. The SMILES string of the molecule is CS(=O)(=O)Nc1ccc2c(c1)C(=O)N(C1CCC(=O)NC1=O)C2. The summed E-state index contributed by atoms with van der Waals surface area (Å²) in [6, 6.07) is 4.01. The van der Waals surface area contributed by atoms with Gasteiger partial charge in [0.2, 0.25) is 21.8 Å². The molecule has 3 amide bonds. The highest BCUT2D eigenvalue weighted by atomic mass is 32.2. The van der Waals surface area contributed by atoms with Crippen molar-refractivity contribution < 1.29 is 22.8 Å². The average molecular weight is 337 g/mol. The number of rotatable bonds is 3. The second-order valence-corrected chi connectivity index (χ2v) is 7.39. The van der Waals surface area contributed by atoms with E-state index >= 15 is 0 Å². The Labute approximate surface area is 132 Å². The van der Waals surface area contributed by atoms with Crippen molar-refractivity contribution in [1.82, 2.24) is 10.2 Å². The molecule has 0 spiro atoms. The number of sulfonamides is 1. The van der Waals surface area contributed by atoms with Crippen LogP contribution in [0.1, 0.15) is 28.8 Å². The maximum atomic E-state index is 12.5. The maximum Gasteiger partial charge on any atom is 0.255 e. The van der Waals surface area contributed by atoms with Gasteiger partial charge in [0.1, 0.15) is 6.04 Å². The first kappa shape index (κ1) is 15.5. The van der Waals surface area contributed by atoms with Gasteiger partial charge in [-0.2, -0.15) is 0 Å². The minimum Gasteiger partial charge on any atom is -0.322 e. The van der Waals surface area contributed by atoms with Crippen LogP contribution < -0.4 is 10.0 Å². The quantitative estimate of drug-likeness (QED) is 0.743. The fourth-order valence-corrected chi connectivity index (χ4v) is 3.39. The minimum atomic E-state index is -3.44. The normalized spacial score (nSPS) is 21.2. The Morgan fingerprint density at radius 2 is 2.00 bits per heavy atom. The van der Waals surface area contributed by atoms with Gasteiger partial charge in [0, 0.05) is 24.2 Å². The lowest BCUT2D eigenvalue weighted by Crippen LogP contribution is -2.52. The molecule has 9 heteroatoms. The van der Waals surface area contributed by atoms with Crippen LogP contribution in [0.15, 0.2) is 18.2 Å². The molecule has 0 radical (unpaired) electrons. The summed E-state index contributed by atoms with van der Waals surface area (Å²) in [7, 11) is -3.44. The molecule has 122 valence electrons. The molecule has 0 aliphatic carbocycles. The maximum absolute atomic E-state index is 12.5. The molecule has 2 aliphatic rings. The molecular weight excluding hydrogens is 322 g/mol. The summed E-state index contributed by atoms with van der Waals surface area (Å²) in [5.41, 5.74) is 1.38. The van der Waals surface area contributed by atoms with Crippen molar-refractivity contribution in [3.63, 3.8) is 0 Å². The Kier molecular flexibility index (Phi) is 3.59. The van der Waals surface area contributed by atoms with Gasteiger partial charge in [-0.15, -0.1) is 0 Å². The third-order valence-corrected chi connectivity index (χ3v) is 4.44. The van der Waals surface area contributed by atoms with E-state index in [2.05, 4.69) is 10.0 Å². The van der Waals surface area contributed by atoms with Gasteiger partial charge in [0.15, 0.2) is 0 Å². The molecule has 2 aliphatic heterocycles. The van der Waals surface area contributed by atoms with Gasteiger partial charge in [-0.3, -0.25) is 24.4 Å². The second-order valence-electron chi connectivity index (χ2n) is 5.65. The van der Waals surface area contributed by atoms with Crippen LogP contribution in [-0.2, 0) is 26.2 Å². The zero-order chi connectivity index (χ0) is 16.8. The number of hydrogen-bond acceptors (Lipinski definition) is 5. The number of hydrogen-bond donors (Lipinski definition) is 2. The largest absolute Gasteiger partial charge is 0.322 e. The highest BCUT2D eigenvalue weighted by molar-refractivity contribution is 7.92. The summed E-state index contributed by atoms with van der Waals surface area (Å²) in [5, 5.41) is 2.23. The molecule has 0 aromatic heterocycles. The van der Waals surface area contributed by atoms with Gasteiger partial charge >= 0.3 is 0 Å². The van der Waals surface area contributed by atoms with Gasteiger partial charge in [0.25, 0.3) is 5.91 Å². The van der Waals surface area contributed by atoms with E-state index in [-0.39, 0.29) is 24.8 Å². The summed E-state index contributed by atoms with van der Waals surface area (Å²) >= 11 is 0. The monoisotopic (exact) mass is 337 g/mol. The van der Waals surface area contributed by atoms with E-state index in [4.69, 9.17) is 0 Å². The van der Waals surface area contributed by atoms with Crippen molar-refractivity contribution in [2.75, 3.05) is 11.0 Å². The van der Waals surface area contributed by atoms with Gasteiger partial charge in [-0.1, -0.05) is 6.07 Å². The average Bonchev–Trinajstić information content (AvgIpc) is 2.74. The molecule has 0 bridgehead atoms. The molecule has 2 N–H and O–H groups in total. The number of carbonyl (C=O) groups excluding carboxylic acids is 3. The third-order valence-electron chi connectivity index (χ3n) is 3.83. The van der Waals surface area contributed by atoms with E-state index in [1.54, 1.807) is 12.1 Å². The van der Waals surface area contributed by atoms with Crippen LogP contribution in [0.2, 0.25) is 0 Å². The molecule has 1 unspecified atom stereocenters. The van der Waals surface area contributed by atoms with Crippen LogP contribution in [0.4, 0.5) is 5.69 Å². The lowest BCUT2D eigenvalue weighted by atomic mass is 10.0. The lowest BCUT2D eigenvalue weighted by molar-refractivity contribution is -0.136. The van der Waals surface area contributed by atoms with E-state index in [1.165, 1.54) is 11.0 Å². The Morgan fingerprint density at radius 1 is 1.26 bits per heavy atom. The van der Waals surface area contributed by atoms with Crippen molar-refractivity contribution in [1.29, 1.82) is 0 Å². The standard InChI is InChI=1S/C14H15N3O5S/c1-23(21,22)16-9-3-2-8-7-17(14(20)10(8)6-9)11-4-5-12(18)15-13(11)19/h2-3,6,11,16H,4-5,7H2,1H3,(H,15,18,19).